The van der Waals surface area contributed by atoms with Gasteiger partial charge in [-0.3, -0.25) is 0 Å². The molecule has 82 valence electrons. The number of halogens is 1. The van der Waals surface area contributed by atoms with E-state index in [1.807, 2.05) is 6.92 Å². The molecule has 2 rings (SSSR count). The van der Waals surface area contributed by atoms with Crippen LogP contribution in [-0.2, 0) is 11.8 Å². The molecule has 1 aromatic rings. The number of hydrogen-bond acceptors (Lipinski definition) is 1. The SMILES string of the molecule is Cc1cc2c(c(Br)c1O)C(C)(C)CCC2. The Labute approximate surface area is 99.6 Å². The molecule has 1 aliphatic rings. The van der Waals surface area contributed by atoms with Gasteiger partial charge in [0.1, 0.15) is 5.75 Å². The standard InChI is InChI=1S/C13H17BrO/c1-8-7-9-5-4-6-13(2,3)10(9)11(14)12(8)15/h7,15H,4-6H2,1-3H3. The molecule has 1 N–H and O–H groups in total. The topological polar surface area (TPSA) is 20.2 Å². The Morgan fingerprint density at radius 2 is 2.07 bits per heavy atom. The van der Waals surface area contributed by atoms with Gasteiger partial charge in [-0.2, -0.15) is 0 Å². The first kappa shape index (κ1) is 11.0. The monoisotopic (exact) mass is 268 g/mol. The maximum absolute atomic E-state index is 9.95. The normalized spacial score (nSPS) is 18.7. The smallest absolute Gasteiger partial charge is 0.132 e. The molecule has 0 amide bonds. The molecule has 2 heteroatoms. The van der Waals surface area contributed by atoms with Crippen LogP contribution in [-0.4, -0.2) is 5.11 Å². The second-order valence-electron chi connectivity index (χ2n) is 5.13. The zero-order valence-corrected chi connectivity index (χ0v) is 11.1. The highest BCUT2D eigenvalue weighted by atomic mass is 79.9. The van der Waals surface area contributed by atoms with Crippen molar-refractivity contribution in [2.24, 2.45) is 0 Å². The molecule has 0 aromatic heterocycles. The largest absolute Gasteiger partial charge is 0.506 e. The lowest BCUT2D eigenvalue weighted by Gasteiger charge is -2.34. The molecule has 0 aliphatic heterocycles. The van der Waals surface area contributed by atoms with Crippen molar-refractivity contribution in [1.82, 2.24) is 0 Å². The maximum Gasteiger partial charge on any atom is 0.132 e. The van der Waals surface area contributed by atoms with Gasteiger partial charge in [0.25, 0.3) is 0 Å². The first-order valence-corrected chi connectivity index (χ1v) is 6.24. The van der Waals surface area contributed by atoms with Crippen LogP contribution < -0.4 is 0 Å². The second kappa shape index (κ2) is 3.51. The van der Waals surface area contributed by atoms with E-state index in [0.717, 1.165) is 16.5 Å². The Balaban J connectivity index is 2.71. The van der Waals surface area contributed by atoms with Gasteiger partial charge in [-0.25, -0.2) is 0 Å². The predicted octanol–water partition coefficient (Wildman–Crippen LogP) is 4.08. The Bertz CT molecular complexity index is 407. The molecule has 1 aromatic carbocycles. The van der Waals surface area contributed by atoms with E-state index in [1.54, 1.807) is 0 Å². The Hall–Kier alpha value is -0.500. The molecule has 1 aliphatic carbocycles. The maximum atomic E-state index is 9.95. The van der Waals surface area contributed by atoms with Gasteiger partial charge in [0.15, 0.2) is 0 Å². The number of hydrogen-bond donors (Lipinski definition) is 1. The van der Waals surface area contributed by atoms with Crippen molar-refractivity contribution in [2.45, 2.75) is 45.4 Å². The summed E-state index contributed by atoms with van der Waals surface area (Å²) in [6.07, 6.45) is 3.58. The highest BCUT2D eigenvalue weighted by Gasteiger charge is 2.31. The Kier molecular flexibility index (Phi) is 2.58. The number of aryl methyl sites for hydroxylation is 2. The van der Waals surface area contributed by atoms with Gasteiger partial charge in [-0.05, 0) is 64.2 Å². The van der Waals surface area contributed by atoms with Crippen LogP contribution in [0.15, 0.2) is 10.5 Å². The summed E-state index contributed by atoms with van der Waals surface area (Å²) in [5.41, 5.74) is 3.85. The molecule has 0 atom stereocenters. The van der Waals surface area contributed by atoms with Crippen LogP contribution in [0.3, 0.4) is 0 Å². The van der Waals surface area contributed by atoms with Crippen LogP contribution in [0.4, 0.5) is 0 Å². The zero-order chi connectivity index (χ0) is 11.2. The summed E-state index contributed by atoms with van der Waals surface area (Å²) in [7, 11) is 0. The van der Waals surface area contributed by atoms with E-state index in [-0.39, 0.29) is 5.41 Å². The predicted molar refractivity (Wildman–Crippen MR) is 66.5 cm³/mol. The third kappa shape index (κ3) is 1.69. The van der Waals surface area contributed by atoms with E-state index in [2.05, 4.69) is 35.8 Å². The molecule has 0 radical (unpaired) electrons. The van der Waals surface area contributed by atoms with Crippen molar-refractivity contribution in [3.05, 3.63) is 27.2 Å². The molecular formula is C13H17BrO. The van der Waals surface area contributed by atoms with Crippen molar-refractivity contribution in [1.29, 1.82) is 0 Å². The van der Waals surface area contributed by atoms with Crippen molar-refractivity contribution >= 4 is 15.9 Å². The van der Waals surface area contributed by atoms with Crippen LogP contribution in [0.2, 0.25) is 0 Å². The summed E-state index contributed by atoms with van der Waals surface area (Å²) in [6.45, 7) is 6.47. The first-order chi connectivity index (χ1) is 6.93. The molecule has 1 nitrogen and oxygen atoms in total. The molecule has 15 heavy (non-hydrogen) atoms. The summed E-state index contributed by atoms with van der Waals surface area (Å²) in [6, 6.07) is 2.14. The lowest BCUT2D eigenvalue weighted by molar-refractivity contribution is 0.417. The minimum absolute atomic E-state index is 0.178. The molecule has 0 unspecified atom stereocenters. The van der Waals surface area contributed by atoms with Gasteiger partial charge in [0.05, 0.1) is 4.47 Å². The van der Waals surface area contributed by atoms with Crippen LogP contribution in [0.1, 0.15) is 43.4 Å². The van der Waals surface area contributed by atoms with E-state index < -0.39 is 0 Å². The summed E-state index contributed by atoms with van der Waals surface area (Å²) < 4.78 is 0.905. The number of phenols is 1. The Morgan fingerprint density at radius 3 is 2.73 bits per heavy atom. The van der Waals surface area contributed by atoms with Crippen molar-refractivity contribution < 1.29 is 5.11 Å². The molecule has 0 spiro atoms. The van der Waals surface area contributed by atoms with Crippen molar-refractivity contribution in [3.8, 4) is 5.75 Å². The minimum atomic E-state index is 0.178. The fourth-order valence-corrected chi connectivity index (χ4v) is 3.71. The first-order valence-electron chi connectivity index (χ1n) is 5.45. The second-order valence-corrected chi connectivity index (χ2v) is 5.92. The quantitative estimate of drug-likeness (QED) is 0.752. The van der Waals surface area contributed by atoms with E-state index in [1.165, 1.54) is 24.0 Å². The minimum Gasteiger partial charge on any atom is -0.506 e. The molecular weight excluding hydrogens is 252 g/mol. The summed E-state index contributed by atoms with van der Waals surface area (Å²) in [5.74, 6) is 0.406. The highest BCUT2D eigenvalue weighted by molar-refractivity contribution is 9.10. The molecule has 0 fully saturated rings. The molecule has 0 bridgehead atoms. The van der Waals surface area contributed by atoms with Gasteiger partial charge in [0, 0.05) is 0 Å². The summed E-state index contributed by atoms with van der Waals surface area (Å²) >= 11 is 3.54. The zero-order valence-electron chi connectivity index (χ0n) is 9.52. The third-order valence-corrected chi connectivity index (χ3v) is 4.21. The van der Waals surface area contributed by atoms with Crippen LogP contribution >= 0.6 is 15.9 Å². The van der Waals surface area contributed by atoms with E-state index in [9.17, 15) is 5.11 Å². The van der Waals surface area contributed by atoms with Gasteiger partial charge >= 0.3 is 0 Å². The summed E-state index contributed by atoms with van der Waals surface area (Å²) in [4.78, 5) is 0. The van der Waals surface area contributed by atoms with Crippen LogP contribution in [0, 0.1) is 6.92 Å². The Morgan fingerprint density at radius 1 is 1.40 bits per heavy atom. The van der Waals surface area contributed by atoms with E-state index in [0.29, 0.717) is 5.75 Å². The third-order valence-electron chi connectivity index (χ3n) is 3.44. The average molecular weight is 269 g/mol. The van der Waals surface area contributed by atoms with Crippen LogP contribution in [0.5, 0.6) is 5.75 Å². The number of fused-ring (bicyclic) bond motifs is 1. The lowest BCUT2D eigenvalue weighted by atomic mass is 9.72. The molecule has 0 saturated carbocycles. The number of rotatable bonds is 0. The molecule has 0 heterocycles. The number of benzene rings is 1. The van der Waals surface area contributed by atoms with Crippen LogP contribution in [0.25, 0.3) is 0 Å². The lowest BCUT2D eigenvalue weighted by Crippen LogP contribution is -2.24. The highest BCUT2D eigenvalue weighted by Crippen LogP contribution is 2.45. The van der Waals surface area contributed by atoms with E-state index in [4.69, 9.17) is 0 Å². The van der Waals surface area contributed by atoms with E-state index >= 15 is 0 Å². The van der Waals surface area contributed by atoms with Gasteiger partial charge in [0.2, 0.25) is 0 Å². The average Bonchev–Trinajstić information content (AvgIpc) is 2.12. The number of aromatic hydroxyl groups is 1. The summed E-state index contributed by atoms with van der Waals surface area (Å²) in [5, 5.41) is 9.95. The van der Waals surface area contributed by atoms with Crippen molar-refractivity contribution in [3.63, 3.8) is 0 Å². The number of phenolic OH excluding ortho intramolecular Hbond substituents is 1. The van der Waals surface area contributed by atoms with Gasteiger partial charge in [-0.1, -0.05) is 19.9 Å². The van der Waals surface area contributed by atoms with Gasteiger partial charge in [-0.15, -0.1) is 0 Å². The fourth-order valence-electron chi connectivity index (χ4n) is 2.61. The fraction of sp³-hybridized carbons (Fsp3) is 0.538. The van der Waals surface area contributed by atoms with Gasteiger partial charge < -0.3 is 5.11 Å². The molecule has 0 saturated heterocycles. The van der Waals surface area contributed by atoms with Crippen molar-refractivity contribution in [2.75, 3.05) is 0 Å².